The number of hydrogen-bond donors (Lipinski definition) is 1. The highest BCUT2D eigenvalue weighted by molar-refractivity contribution is 7.98. The molecular formula is C20H24ClNO2S. The summed E-state index contributed by atoms with van der Waals surface area (Å²) in [5.74, 6) is 1.52. The van der Waals surface area contributed by atoms with Crippen molar-refractivity contribution < 1.29 is 9.53 Å². The molecule has 0 saturated heterocycles. The molecule has 0 aromatic heterocycles. The van der Waals surface area contributed by atoms with Crippen molar-refractivity contribution in [2.24, 2.45) is 0 Å². The summed E-state index contributed by atoms with van der Waals surface area (Å²) in [6.45, 7) is 5.37. The van der Waals surface area contributed by atoms with Crippen LogP contribution in [0.1, 0.15) is 42.6 Å². The van der Waals surface area contributed by atoms with Gasteiger partial charge >= 0.3 is 0 Å². The lowest BCUT2D eigenvalue weighted by Gasteiger charge is -2.12. The number of amides is 1. The normalized spacial score (nSPS) is 10.5. The Kier molecular flexibility index (Phi) is 8.16. The number of carbonyl (C=O) groups excluding carboxylic acids is 1. The van der Waals surface area contributed by atoms with Crippen LogP contribution in [0.4, 0.5) is 0 Å². The smallest absolute Gasteiger partial charge is 0.251 e. The topological polar surface area (TPSA) is 38.3 Å². The van der Waals surface area contributed by atoms with Gasteiger partial charge in [-0.25, -0.2) is 0 Å². The highest BCUT2D eigenvalue weighted by atomic mass is 35.5. The second kappa shape index (κ2) is 10.4. The van der Waals surface area contributed by atoms with E-state index in [9.17, 15) is 4.79 Å². The van der Waals surface area contributed by atoms with Crippen molar-refractivity contribution in [3.05, 3.63) is 58.6 Å². The molecule has 0 radical (unpaired) electrons. The zero-order valence-corrected chi connectivity index (χ0v) is 16.3. The van der Waals surface area contributed by atoms with Gasteiger partial charge in [0.15, 0.2) is 0 Å². The van der Waals surface area contributed by atoms with Crippen molar-refractivity contribution in [1.29, 1.82) is 0 Å². The monoisotopic (exact) mass is 377 g/mol. The van der Waals surface area contributed by atoms with Gasteiger partial charge in [-0.05, 0) is 55.8 Å². The molecule has 0 aliphatic rings. The van der Waals surface area contributed by atoms with Crippen LogP contribution in [0.3, 0.4) is 0 Å². The van der Waals surface area contributed by atoms with Crippen LogP contribution in [0.25, 0.3) is 0 Å². The third-order valence-electron chi connectivity index (χ3n) is 3.65. The zero-order chi connectivity index (χ0) is 18.1. The first-order valence-electron chi connectivity index (χ1n) is 8.56. The van der Waals surface area contributed by atoms with E-state index in [1.165, 1.54) is 0 Å². The Labute approximate surface area is 159 Å². The van der Waals surface area contributed by atoms with Crippen LogP contribution in [0.2, 0.25) is 5.02 Å². The Morgan fingerprint density at radius 2 is 1.92 bits per heavy atom. The Morgan fingerprint density at radius 3 is 2.60 bits per heavy atom. The van der Waals surface area contributed by atoms with Crippen LogP contribution in [0.5, 0.6) is 5.75 Å². The van der Waals surface area contributed by atoms with Crippen LogP contribution >= 0.6 is 23.4 Å². The second-order valence-corrected chi connectivity index (χ2v) is 7.09. The van der Waals surface area contributed by atoms with Crippen molar-refractivity contribution in [1.82, 2.24) is 5.32 Å². The molecule has 0 bridgehead atoms. The zero-order valence-electron chi connectivity index (χ0n) is 14.7. The third kappa shape index (κ3) is 6.29. The number of ether oxygens (including phenoxy) is 1. The minimum absolute atomic E-state index is 0.0331. The summed E-state index contributed by atoms with van der Waals surface area (Å²) in [5, 5.41) is 3.68. The summed E-state index contributed by atoms with van der Waals surface area (Å²) in [4.78, 5) is 13.4. The van der Waals surface area contributed by atoms with Gasteiger partial charge in [-0.1, -0.05) is 24.9 Å². The van der Waals surface area contributed by atoms with Gasteiger partial charge in [0.1, 0.15) is 5.75 Å². The van der Waals surface area contributed by atoms with Gasteiger partial charge in [-0.2, -0.15) is 0 Å². The average Bonchev–Trinajstić information content (AvgIpc) is 2.62. The van der Waals surface area contributed by atoms with E-state index in [-0.39, 0.29) is 5.91 Å². The summed E-state index contributed by atoms with van der Waals surface area (Å²) in [7, 11) is 0. The van der Waals surface area contributed by atoms with E-state index >= 15 is 0 Å². The fourth-order valence-corrected chi connectivity index (χ4v) is 3.30. The fourth-order valence-electron chi connectivity index (χ4n) is 2.30. The van der Waals surface area contributed by atoms with Crippen LogP contribution in [-0.2, 0) is 5.75 Å². The SMILES string of the molecule is CCCCNC(=O)c1ccc(OCC)c(CSc2ccc(Cl)cc2)c1. The van der Waals surface area contributed by atoms with Crippen LogP contribution in [0.15, 0.2) is 47.4 Å². The standard InChI is InChI=1S/C20H24ClNO2S/c1-3-5-12-22-20(23)15-6-11-19(24-4-2)16(13-15)14-25-18-9-7-17(21)8-10-18/h6-11,13H,3-5,12,14H2,1-2H3,(H,22,23). The molecule has 0 fully saturated rings. The maximum atomic E-state index is 12.3. The fraction of sp³-hybridized carbons (Fsp3) is 0.350. The van der Waals surface area contributed by atoms with Crippen LogP contribution in [0, 0.1) is 0 Å². The minimum Gasteiger partial charge on any atom is -0.494 e. The lowest BCUT2D eigenvalue weighted by molar-refractivity contribution is 0.0953. The molecule has 2 aromatic carbocycles. The summed E-state index contributed by atoms with van der Waals surface area (Å²) >= 11 is 7.62. The lowest BCUT2D eigenvalue weighted by atomic mass is 10.1. The molecule has 0 aliphatic carbocycles. The number of halogens is 1. The Balaban J connectivity index is 2.10. The molecule has 0 aliphatic heterocycles. The van der Waals surface area contributed by atoms with Gasteiger partial charge in [0.2, 0.25) is 0 Å². The van der Waals surface area contributed by atoms with Crippen molar-refractivity contribution in [2.45, 2.75) is 37.3 Å². The highest BCUT2D eigenvalue weighted by Gasteiger charge is 2.11. The summed E-state index contributed by atoms with van der Waals surface area (Å²) in [6.07, 6.45) is 2.05. The molecule has 0 heterocycles. The molecule has 0 spiro atoms. The quantitative estimate of drug-likeness (QED) is 0.459. The molecular weight excluding hydrogens is 354 g/mol. The molecule has 2 rings (SSSR count). The molecule has 3 nitrogen and oxygen atoms in total. The van der Waals surface area contributed by atoms with E-state index in [0.29, 0.717) is 18.7 Å². The predicted octanol–water partition coefficient (Wildman–Crippen LogP) is 5.56. The highest BCUT2D eigenvalue weighted by Crippen LogP contribution is 2.29. The van der Waals surface area contributed by atoms with Gasteiger partial charge in [-0.3, -0.25) is 4.79 Å². The molecule has 1 amide bonds. The largest absolute Gasteiger partial charge is 0.494 e. The molecule has 0 saturated carbocycles. The summed E-state index contributed by atoms with van der Waals surface area (Å²) < 4.78 is 5.71. The number of unbranched alkanes of at least 4 members (excludes halogenated alkanes) is 1. The van der Waals surface area contributed by atoms with Crippen molar-refractivity contribution in [2.75, 3.05) is 13.2 Å². The molecule has 1 N–H and O–H groups in total. The molecule has 0 unspecified atom stereocenters. The number of rotatable bonds is 9. The van der Waals surface area contributed by atoms with Crippen molar-refractivity contribution >= 4 is 29.3 Å². The van der Waals surface area contributed by atoms with E-state index < -0.39 is 0 Å². The van der Waals surface area contributed by atoms with Crippen LogP contribution in [-0.4, -0.2) is 19.1 Å². The number of thioether (sulfide) groups is 1. The average molecular weight is 378 g/mol. The second-order valence-electron chi connectivity index (χ2n) is 5.61. The van der Waals surface area contributed by atoms with Crippen LogP contribution < -0.4 is 10.1 Å². The van der Waals surface area contributed by atoms with E-state index in [4.69, 9.17) is 16.3 Å². The van der Waals surface area contributed by atoms with Gasteiger partial charge in [-0.15, -0.1) is 11.8 Å². The Morgan fingerprint density at radius 1 is 1.16 bits per heavy atom. The van der Waals surface area contributed by atoms with Gasteiger partial charge in [0.25, 0.3) is 5.91 Å². The summed E-state index contributed by atoms with van der Waals surface area (Å²) in [6, 6.07) is 13.4. The molecule has 134 valence electrons. The van der Waals surface area contributed by atoms with Gasteiger partial charge in [0, 0.05) is 33.3 Å². The maximum absolute atomic E-state index is 12.3. The summed E-state index contributed by atoms with van der Waals surface area (Å²) in [5.41, 5.74) is 1.69. The first-order chi connectivity index (χ1) is 12.1. The Bertz CT molecular complexity index is 689. The van der Waals surface area contributed by atoms with E-state index in [1.54, 1.807) is 11.8 Å². The molecule has 0 atom stereocenters. The van der Waals surface area contributed by atoms with E-state index in [2.05, 4.69) is 12.2 Å². The van der Waals surface area contributed by atoms with E-state index in [1.807, 2.05) is 49.4 Å². The number of carbonyl (C=O) groups is 1. The molecule has 25 heavy (non-hydrogen) atoms. The lowest BCUT2D eigenvalue weighted by Crippen LogP contribution is -2.24. The van der Waals surface area contributed by atoms with Gasteiger partial charge < -0.3 is 10.1 Å². The van der Waals surface area contributed by atoms with E-state index in [0.717, 1.165) is 39.8 Å². The number of hydrogen-bond acceptors (Lipinski definition) is 3. The van der Waals surface area contributed by atoms with Crippen molar-refractivity contribution in [3.8, 4) is 5.75 Å². The first-order valence-corrected chi connectivity index (χ1v) is 9.92. The molecule has 2 aromatic rings. The first kappa shape index (κ1) is 19.7. The van der Waals surface area contributed by atoms with Crippen molar-refractivity contribution in [3.63, 3.8) is 0 Å². The number of nitrogens with one attached hydrogen (secondary N) is 1. The Hall–Kier alpha value is -1.65. The predicted molar refractivity (Wildman–Crippen MR) is 106 cm³/mol. The third-order valence-corrected chi connectivity index (χ3v) is 4.96. The molecule has 5 heteroatoms. The minimum atomic E-state index is -0.0331. The maximum Gasteiger partial charge on any atom is 0.251 e. The number of benzene rings is 2. The van der Waals surface area contributed by atoms with Gasteiger partial charge in [0.05, 0.1) is 6.61 Å².